The third-order valence-electron chi connectivity index (χ3n) is 3.71. The molecule has 1 aromatic rings. The van der Waals surface area contributed by atoms with Crippen molar-refractivity contribution >= 4 is 17.8 Å². The van der Waals surface area contributed by atoms with Crippen molar-refractivity contribution < 1.29 is 14.4 Å². The van der Waals surface area contributed by atoms with Crippen molar-refractivity contribution in [1.82, 2.24) is 15.5 Å². The molecule has 0 saturated carbocycles. The molecule has 1 aliphatic heterocycles. The van der Waals surface area contributed by atoms with E-state index in [-0.39, 0.29) is 24.4 Å². The number of likely N-dealkylation sites (tertiary alicyclic amines) is 1. The van der Waals surface area contributed by atoms with Crippen LogP contribution in [-0.2, 0) is 11.3 Å². The van der Waals surface area contributed by atoms with Gasteiger partial charge in [-0.1, -0.05) is 24.8 Å². The molecule has 4 amide bonds. The second-order valence-electron chi connectivity index (χ2n) is 5.32. The highest BCUT2D eigenvalue weighted by Gasteiger charge is 2.28. The number of hydrogen-bond donors (Lipinski definition) is 3. The van der Waals surface area contributed by atoms with Crippen LogP contribution in [0.2, 0.25) is 0 Å². The van der Waals surface area contributed by atoms with Crippen LogP contribution in [-0.4, -0.2) is 41.9 Å². The summed E-state index contributed by atoms with van der Waals surface area (Å²) < 4.78 is 0. The summed E-state index contributed by atoms with van der Waals surface area (Å²) in [5, 5.41) is 5.29. The Morgan fingerprint density at radius 2 is 2.09 bits per heavy atom. The number of rotatable bonds is 5. The highest BCUT2D eigenvalue weighted by atomic mass is 16.2. The van der Waals surface area contributed by atoms with E-state index < -0.39 is 6.03 Å². The van der Waals surface area contributed by atoms with Crippen molar-refractivity contribution in [3.63, 3.8) is 0 Å². The van der Waals surface area contributed by atoms with Gasteiger partial charge in [-0.2, -0.15) is 0 Å². The largest absolute Gasteiger partial charge is 0.352 e. The topological polar surface area (TPSA) is 105 Å². The van der Waals surface area contributed by atoms with Gasteiger partial charge in [-0.25, -0.2) is 4.79 Å². The second kappa shape index (κ2) is 7.44. The van der Waals surface area contributed by atoms with E-state index in [1.165, 1.54) is 6.08 Å². The smallest absolute Gasteiger partial charge is 0.312 e. The van der Waals surface area contributed by atoms with Crippen LogP contribution >= 0.6 is 0 Å². The standard InChI is InChI=1S/C16H20N4O3/c1-2-14(21)18-9-11-5-3-4-6-13(11)15(22)20-8-7-12(10-20)19-16(17)23/h2-6,12H,1,7-10H2,(H,18,21)(H3,17,19,23). The molecule has 1 aromatic carbocycles. The Labute approximate surface area is 134 Å². The second-order valence-corrected chi connectivity index (χ2v) is 5.32. The van der Waals surface area contributed by atoms with Crippen molar-refractivity contribution in [3.05, 3.63) is 48.0 Å². The summed E-state index contributed by atoms with van der Waals surface area (Å²) in [6.07, 6.45) is 1.86. The molecule has 1 heterocycles. The summed E-state index contributed by atoms with van der Waals surface area (Å²) in [5.41, 5.74) is 6.38. The molecule has 1 saturated heterocycles. The molecule has 0 spiro atoms. The predicted octanol–water partition coefficient (Wildman–Crippen LogP) is 0.372. The molecular formula is C16H20N4O3. The summed E-state index contributed by atoms with van der Waals surface area (Å²) >= 11 is 0. The Balaban J connectivity index is 2.06. The maximum absolute atomic E-state index is 12.7. The Morgan fingerprint density at radius 1 is 1.35 bits per heavy atom. The van der Waals surface area contributed by atoms with Gasteiger partial charge < -0.3 is 21.3 Å². The van der Waals surface area contributed by atoms with Gasteiger partial charge in [-0.15, -0.1) is 0 Å². The number of benzene rings is 1. The molecular weight excluding hydrogens is 296 g/mol. The lowest BCUT2D eigenvalue weighted by Crippen LogP contribution is -2.41. The van der Waals surface area contributed by atoms with Gasteiger partial charge in [-0.3, -0.25) is 9.59 Å². The van der Waals surface area contributed by atoms with Gasteiger partial charge in [0.1, 0.15) is 0 Å². The fraction of sp³-hybridized carbons (Fsp3) is 0.312. The van der Waals surface area contributed by atoms with Crippen LogP contribution in [0, 0.1) is 0 Å². The van der Waals surface area contributed by atoms with Crippen LogP contribution in [0.1, 0.15) is 22.3 Å². The molecule has 23 heavy (non-hydrogen) atoms. The number of urea groups is 1. The molecule has 1 fully saturated rings. The lowest BCUT2D eigenvalue weighted by Gasteiger charge is -2.19. The highest BCUT2D eigenvalue weighted by Crippen LogP contribution is 2.17. The SMILES string of the molecule is C=CC(=O)NCc1ccccc1C(=O)N1CCC(NC(N)=O)C1. The fourth-order valence-corrected chi connectivity index (χ4v) is 2.57. The number of hydrogen-bond acceptors (Lipinski definition) is 3. The molecule has 7 nitrogen and oxygen atoms in total. The van der Waals surface area contributed by atoms with E-state index in [9.17, 15) is 14.4 Å². The minimum absolute atomic E-state index is 0.121. The van der Waals surface area contributed by atoms with Gasteiger partial charge in [0.15, 0.2) is 0 Å². The number of amides is 4. The van der Waals surface area contributed by atoms with E-state index >= 15 is 0 Å². The summed E-state index contributed by atoms with van der Waals surface area (Å²) in [6, 6.07) is 6.41. The summed E-state index contributed by atoms with van der Waals surface area (Å²) in [5.74, 6) is -0.415. The number of carbonyl (C=O) groups excluding carboxylic acids is 3. The Morgan fingerprint density at radius 3 is 2.78 bits per heavy atom. The number of nitrogens with zero attached hydrogens (tertiary/aromatic N) is 1. The summed E-state index contributed by atoms with van der Waals surface area (Å²) in [6.45, 7) is 4.63. The van der Waals surface area contributed by atoms with Crippen molar-refractivity contribution in [1.29, 1.82) is 0 Å². The van der Waals surface area contributed by atoms with Gasteiger partial charge in [0.2, 0.25) is 5.91 Å². The maximum Gasteiger partial charge on any atom is 0.312 e. The summed E-state index contributed by atoms with van der Waals surface area (Å²) in [7, 11) is 0. The molecule has 1 aliphatic rings. The van der Waals surface area contributed by atoms with Crippen LogP contribution in [0.25, 0.3) is 0 Å². The van der Waals surface area contributed by atoms with E-state index in [4.69, 9.17) is 5.73 Å². The molecule has 0 aliphatic carbocycles. The van der Waals surface area contributed by atoms with Crippen LogP contribution in [0.5, 0.6) is 0 Å². The lowest BCUT2D eigenvalue weighted by molar-refractivity contribution is -0.116. The van der Waals surface area contributed by atoms with Gasteiger partial charge >= 0.3 is 6.03 Å². The van der Waals surface area contributed by atoms with E-state index in [1.54, 1.807) is 23.1 Å². The van der Waals surface area contributed by atoms with Crippen molar-refractivity contribution in [3.8, 4) is 0 Å². The first-order valence-corrected chi connectivity index (χ1v) is 7.34. The summed E-state index contributed by atoms with van der Waals surface area (Å²) in [4.78, 5) is 36.5. The molecule has 1 unspecified atom stereocenters. The molecule has 2 rings (SSSR count). The Bertz CT molecular complexity index is 630. The van der Waals surface area contributed by atoms with Gasteiger partial charge in [0.05, 0.1) is 0 Å². The first kappa shape index (κ1) is 16.5. The van der Waals surface area contributed by atoms with Gasteiger partial charge in [0.25, 0.3) is 5.91 Å². The monoisotopic (exact) mass is 316 g/mol. The maximum atomic E-state index is 12.7. The normalized spacial score (nSPS) is 16.7. The third-order valence-corrected chi connectivity index (χ3v) is 3.71. The average molecular weight is 316 g/mol. The van der Waals surface area contributed by atoms with Crippen molar-refractivity contribution in [2.75, 3.05) is 13.1 Å². The van der Waals surface area contributed by atoms with E-state index in [0.29, 0.717) is 25.1 Å². The van der Waals surface area contributed by atoms with Crippen LogP contribution in [0.3, 0.4) is 0 Å². The molecule has 7 heteroatoms. The van der Waals surface area contributed by atoms with Crippen LogP contribution in [0.4, 0.5) is 4.79 Å². The van der Waals surface area contributed by atoms with Crippen molar-refractivity contribution in [2.45, 2.75) is 19.0 Å². The van der Waals surface area contributed by atoms with E-state index in [2.05, 4.69) is 17.2 Å². The molecule has 0 bridgehead atoms. The zero-order valence-corrected chi connectivity index (χ0v) is 12.7. The number of nitrogens with two attached hydrogens (primary N) is 1. The average Bonchev–Trinajstić information content (AvgIpc) is 2.99. The number of carbonyl (C=O) groups is 3. The van der Waals surface area contributed by atoms with Gasteiger partial charge in [-0.05, 0) is 24.1 Å². The lowest BCUT2D eigenvalue weighted by atomic mass is 10.1. The van der Waals surface area contributed by atoms with E-state index in [1.807, 2.05) is 6.07 Å². The zero-order chi connectivity index (χ0) is 16.8. The highest BCUT2D eigenvalue weighted by molar-refractivity contribution is 5.96. The Kier molecular flexibility index (Phi) is 5.35. The Hall–Kier alpha value is -2.83. The van der Waals surface area contributed by atoms with Crippen LogP contribution in [0.15, 0.2) is 36.9 Å². The third kappa shape index (κ3) is 4.32. The van der Waals surface area contributed by atoms with Gasteiger partial charge in [0, 0.05) is 31.2 Å². The molecule has 122 valence electrons. The first-order valence-electron chi connectivity index (χ1n) is 7.34. The minimum Gasteiger partial charge on any atom is -0.352 e. The number of primary amides is 1. The minimum atomic E-state index is -0.586. The molecule has 1 atom stereocenters. The zero-order valence-electron chi connectivity index (χ0n) is 12.7. The van der Waals surface area contributed by atoms with E-state index in [0.717, 1.165) is 5.56 Å². The van der Waals surface area contributed by atoms with Crippen LogP contribution < -0.4 is 16.4 Å². The molecule has 4 N–H and O–H groups in total. The predicted molar refractivity (Wildman–Crippen MR) is 85.5 cm³/mol. The number of nitrogens with one attached hydrogen (secondary N) is 2. The molecule has 0 radical (unpaired) electrons. The quantitative estimate of drug-likeness (QED) is 0.684. The first-order chi connectivity index (χ1) is 11.0. The molecule has 0 aromatic heterocycles. The fourth-order valence-electron chi connectivity index (χ4n) is 2.57. The van der Waals surface area contributed by atoms with Crippen molar-refractivity contribution in [2.24, 2.45) is 5.73 Å².